The first kappa shape index (κ1) is 30.0. The topological polar surface area (TPSA) is 85.9 Å². The molecule has 3 aromatic carbocycles. The number of ether oxygens (including phenoxy) is 3. The maximum atomic E-state index is 13.0. The molecular weight excluding hydrogens is 456 g/mol. The van der Waals surface area contributed by atoms with E-state index >= 15 is 0 Å². The van der Waals surface area contributed by atoms with E-state index < -0.39 is 5.91 Å². The van der Waals surface area contributed by atoms with Gasteiger partial charge in [-0.15, -0.1) is 0 Å². The van der Waals surface area contributed by atoms with Crippen molar-refractivity contribution >= 4 is 17.5 Å². The highest BCUT2D eigenvalue weighted by Gasteiger charge is 2.20. The molecule has 36 heavy (non-hydrogen) atoms. The summed E-state index contributed by atoms with van der Waals surface area (Å²) in [6.45, 7) is 8.46. The number of para-hydroxylation sites is 1. The molecule has 2 N–H and O–H groups in total. The minimum atomic E-state index is -0.438. The van der Waals surface area contributed by atoms with Crippen LogP contribution in [0.1, 0.15) is 54.0 Å². The summed E-state index contributed by atoms with van der Waals surface area (Å²) in [7, 11) is 4.49. The molecule has 0 aliphatic heterocycles. The van der Waals surface area contributed by atoms with Crippen molar-refractivity contribution in [1.82, 2.24) is 5.32 Å². The lowest BCUT2D eigenvalue weighted by Crippen LogP contribution is -2.27. The fraction of sp³-hybridized carbons (Fsp3) is 0.310. The molecule has 0 bridgehead atoms. The van der Waals surface area contributed by atoms with Gasteiger partial charge in [0, 0.05) is 12.6 Å². The van der Waals surface area contributed by atoms with E-state index in [2.05, 4.69) is 10.6 Å². The van der Waals surface area contributed by atoms with Crippen LogP contribution in [-0.2, 0) is 6.42 Å². The molecule has 0 fully saturated rings. The SMILES string of the molecule is CC.CC.COc1ccc(C(=O)Nc2c(OC)cccc2C(=O)NCCc2ccccc2)c(OC)c1. The summed E-state index contributed by atoms with van der Waals surface area (Å²) in [6, 6.07) is 19.8. The third kappa shape index (κ3) is 8.34. The van der Waals surface area contributed by atoms with E-state index in [1.807, 2.05) is 58.0 Å². The van der Waals surface area contributed by atoms with E-state index in [0.717, 1.165) is 5.56 Å². The Morgan fingerprint density at radius 2 is 1.36 bits per heavy atom. The van der Waals surface area contributed by atoms with Crippen molar-refractivity contribution in [3.8, 4) is 17.2 Å². The second kappa shape index (κ2) is 16.6. The lowest BCUT2D eigenvalue weighted by molar-refractivity contribution is 0.0954. The minimum absolute atomic E-state index is 0.287. The maximum Gasteiger partial charge on any atom is 0.259 e. The van der Waals surface area contributed by atoms with E-state index in [9.17, 15) is 9.59 Å². The van der Waals surface area contributed by atoms with Gasteiger partial charge in [0.2, 0.25) is 0 Å². The second-order valence-electron chi connectivity index (χ2n) is 6.89. The Kier molecular flexibility index (Phi) is 13.8. The number of nitrogens with one attached hydrogen (secondary N) is 2. The highest BCUT2D eigenvalue weighted by atomic mass is 16.5. The van der Waals surface area contributed by atoms with Crippen LogP contribution in [0.5, 0.6) is 17.2 Å². The summed E-state index contributed by atoms with van der Waals surface area (Å²) < 4.78 is 15.9. The van der Waals surface area contributed by atoms with Crippen molar-refractivity contribution in [3.63, 3.8) is 0 Å². The first-order valence-corrected chi connectivity index (χ1v) is 12.1. The van der Waals surface area contributed by atoms with Crippen LogP contribution < -0.4 is 24.8 Å². The monoisotopic (exact) mass is 494 g/mol. The number of amides is 2. The average molecular weight is 495 g/mol. The maximum absolute atomic E-state index is 13.0. The van der Waals surface area contributed by atoms with Crippen molar-refractivity contribution in [3.05, 3.63) is 83.4 Å². The van der Waals surface area contributed by atoms with Gasteiger partial charge in [-0.25, -0.2) is 0 Å². The molecule has 0 unspecified atom stereocenters. The molecule has 0 aromatic heterocycles. The molecule has 7 heteroatoms. The Morgan fingerprint density at radius 1 is 0.694 bits per heavy atom. The number of carbonyl (C=O) groups is 2. The zero-order valence-electron chi connectivity index (χ0n) is 22.3. The van der Waals surface area contributed by atoms with Gasteiger partial charge in [-0.3, -0.25) is 9.59 Å². The van der Waals surface area contributed by atoms with E-state index in [4.69, 9.17) is 14.2 Å². The Morgan fingerprint density at radius 3 is 1.97 bits per heavy atom. The van der Waals surface area contributed by atoms with Crippen LogP contribution in [0.4, 0.5) is 5.69 Å². The summed E-state index contributed by atoms with van der Waals surface area (Å²) in [5.41, 5.74) is 2.02. The summed E-state index contributed by atoms with van der Waals surface area (Å²) in [5, 5.41) is 5.70. The third-order valence-electron chi connectivity index (χ3n) is 4.92. The fourth-order valence-corrected chi connectivity index (χ4v) is 3.25. The molecule has 0 saturated heterocycles. The molecule has 2 amide bonds. The molecular formula is C29H38N2O5. The largest absolute Gasteiger partial charge is 0.497 e. The number of carbonyl (C=O) groups excluding carboxylic acids is 2. The van der Waals surface area contributed by atoms with Crippen LogP contribution >= 0.6 is 0 Å². The molecule has 0 spiro atoms. The molecule has 0 saturated carbocycles. The number of rotatable bonds is 9. The number of methoxy groups -OCH3 is 3. The molecule has 0 radical (unpaired) electrons. The Hall–Kier alpha value is -4.00. The number of hydrogen-bond acceptors (Lipinski definition) is 5. The minimum Gasteiger partial charge on any atom is -0.497 e. The highest BCUT2D eigenvalue weighted by Crippen LogP contribution is 2.31. The van der Waals surface area contributed by atoms with Gasteiger partial charge in [0.1, 0.15) is 17.2 Å². The first-order valence-electron chi connectivity index (χ1n) is 12.1. The smallest absolute Gasteiger partial charge is 0.259 e. The molecule has 3 rings (SSSR count). The van der Waals surface area contributed by atoms with Crippen LogP contribution in [0.15, 0.2) is 66.7 Å². The van der Waals surface area contributed by atoms with Gasteiger partial charge < -0.3 is 24.8 Å². The van der Waals surface area contributed by atoms with Gasteiger partial charge in [0.15, 0.2) is 0 Å². The van der Waals surface area contributed by atoms with Crippen molar-refractivity contribution < 1.29 is 23.8 Å². The lowest BCUT2D eigenvalue weighted by atomic mass is 10.1. The van der Waals surface area contributed by atoms with Gasteiger partial charge >= 0.3 is 0 Å². The highest BCUT2D eigenvalue weighted by molar-refractivity contribution is 6.11. The average Bonchev–Trinajstić information content (AvgIpc) is 2.95. The van der Waals surface area contributed by atoms with Crippen LogP contribution in [0.3, 0.4) is 0 Å². The van der Waals surface area contributed by atoms with E-state index in [-0.39, 0.29) is 11.6 Å². The first-order chi connectivity index (χ1) is 17.6. The van der Waals surface area contributed by atoms with Crippen molar-refractivity contribution in [2.24, 2.45) is 0 Å². The van der Waals surface area contributed by atoms with Gasteiger partial charge in [-0.05, 0) is 36.2 Å². The van der Waals surface area contributed by atoms with Crippen LogP contribution in [-0.4, -0.2) is 39.7 Å². The van der Waals surface area contributed by atoms with Gasteiger partial charge in [-0.1, -0.05) is 64.1 Å². The second-order valence-corrected chi connectivity index (χ2v) is 6.89. The number of anilines is 1. The van der Waals surface area contributed by atoms with Crippen LogP contribution in [0.25, 0.3) is 0 Å². The predicted molar refractivity (Wildman–Crippen MR) is 146 cm³/mol. The van der Waals surface area contributed by atoms with Crippen LogP contribution in [0.2, 0.25) is 0 Å². The summed E-state index contributed by atoms with van der Waals surface area (Å²) >= 11 is 0. The molecule has 7 nitrogen and oxygen atoms in total. The van der Waals surface area contributed by atoms with Crippen molar-refractivity contribution in [2.45, 2.75) is 34.1 Å². The van der Waals surface area contributed by atoms with Gasteiger partial charge in [0.05, 0.1) is 38.1 Å². The molecule has 0 atom stereocenters. The standard InChI is InChI=1S/C25H26N2O5.2C2H6/c1-30-18-12-13-19(22(16-18)32-3)25(29)27-23-20(10-7-11-21(23)31-2)24(28)26-15-14-17-8-5-4-6-9-17;2*1-2/h4-13,16H,14-15H2,1-3H3,(H,26,28)(H,27,29);2*1-2H3. The third-order valence-corrected chi connectivity index (χ3v) is 4.92. The number of benzene rings is 3. The zero-order chi connectivity index (χ0) is 26.9. The quantitative estimate of drug-likeness (QED) is 0.382. The van der Waals surface area contributed by atoms with Gasteiger partial charge in [0.25, 0.3) is 11.8 Å². The Labute approximate surface area is 214 Å². The van der Waals surface area contributed by atoms with Crippen LogP contribution in [0, 0.1) is 0 Å². The van der Waals surface area contributed by atoms with Gasteiger partial charge in [-0.2, -0.15) is 0 Å². The fourth-order valence-electron chi connectivity index (χ4n) is 3.25. The normalized spacial score (nSPS) is 9.42. The van der Waals surface area contributed by atoms with Crippen molar-refractivity contribution in [2.75, 3.05) is 33.2 Å². The molecule has 194 valence electrons. The molecule has 0 aliphatic rings. The number of hydrogen-bond donors (Lipinski definition) is 2. The molecule has 0 aliphatic carbocycles. The lowest BCUT2D eigenvalue weighted by Gasteiger charge is -2.16. The van der Waals surface area contributed by atoms with Crippen molar-refractivity contribution in [1.29, 1.82) is 0 Å². The Balaban J connectivity index is 0.00000154. The Bertz CT molecular complexity index is 1080. The van der Waals surface area contributed by atoms with E-state index in [1.165, 1.54) is 21.3 Å². The zero-order valence-corrected chi connectivity index (χ0v) is 22.3. The molecule has 3 aromatic rings. The molecule has 0 heterocycles. The predicted octanol–water partition coefficient (Wildman–Crippen LogP) is 5.99. The summed E-state index contributed by atoms with van der Waals surface area (Å²) in [4.78, 5) is 25.9. The van der Waals surface area contributed by atoms with E-state index in [0.29, 0.717) is 41.3 Å². The summed E-state index contributed by atoms with van der Waals surface area (Å²) in [6.07, 6.45) is 0.696. The van der Waals surface area contributed by atoms with E-state index in [1.54, 1.807) is 36.4 Å². The summed E-state index contributed by atoms with van der Waals surface area (Å²) in [5.74, 6) is 0.547.